The summed E-state index contributed by atoms with van der Waals surface area (Å²) in [4.78, 5) is 12.0. The maximum Gasteiger partial charge on any atom is 0.340 e. The highest BCUT2D eigenvalue weighted by atomic mass is 16.6. The topological polar surface area (TPSA) is 48.1 Å². The van der Waals surface area contributed by atoms with Crippen molar-refractivity contribution in [3.8, 4) is 0 Å². The molecule has 4 heteroatoms. The third-order valence-corrected chi connectivity index (χ3v) is 5.37. The number of unbranched alkanes of at least 4 members (excludes halogenated alkanes) is 1. The quantitative estimate of drug-likeness (QED) is 0.312. The molecule has 1 atom stereocenters. The van der Waals surface area contributed by atoms with E-state index in [1.54, 1.807) is 0 Å². The molecule has 0 N–H and O–H groups in total. The van der Waals surface area contributed by atoms with Crippen LogP contribution in [0, 0.1) is 5.92 Å². The lowest BCUT2D eigenvalue weighted by Crippen LogP contribution is -2.29. The van der Waals surface area contributed by atoms with Crippen molar-refractivity contribution in [2.75, 3.05) is 26.4 Å². The summed E-state index contributed by atoms with van der Waals surface area (Å²) in [5.41, 5.74) is -0.687. The molecule has 0 aromatic heterocycles. The molecule has 0 aromatic carbocycles. The minimum atomic E-state index is -0.687. The summed E-state index contributed by atoms with van der Waals surface area (Å²) in [7, 11) is 0. The van der Waals surface area contributed by atoms with Crippen LogP contribution in [0.5, 0.6) is 0 Å². The van der Waals surface area contributed by atoms with E-state index in [2.05, 4.69) is 6.92 Å². The summed E-state index contributed by atoms with van der Waals surface area (Å²) >= 11 is 0. The zero-order valence-electron chi connectivity index (χ0n) is 15.5. The van der Waals surface area contributed by atoms with Crippen LogP contribution < -0.4 is 0 Å². The average molecular weight is 341 g/mol. The van der Waals surface area contributed by atoms with Crippen LogP contribution in [0.3, 0.4) is 0 Å². The van der Waals surface area contributed by atoms with Gasteiger partial charge in [-0.1, -0.05) is 58.3 Å². The number of esters is 1. The van der Waals surface area contributed by atoms with Gasteiger partial charge in [-0.3, -0.25) is 0 Å². The van der Waals surface area contributed by atoms with Gasteiger partial charge in [0.25, 0.3) is 0 Å². The lowest BCUT2D eigenvalue weighted by Gasteiger charge is -2.19. The third kappa shape index (κ3) is 7.10. The van der Waals surface area contributed by atoms with Gasteiger partial charge >= 0.3 is 5.97 Å². The Kier molecular flexibility index (Phi) is 9.11. The monoisotopic (exact) mass is 340 g/mol. The summed E-state index contributed by atoms with van der Waals surface area (Å²) in [5, 5.41) is 0. The maximum atomic E-state index is 12.0. The van der Waals surface area contributed by atoms with Crippen LogP contribution in [0.15, 0.2) is 0 Å². The largest absolute Gasteiger partial charge is 0.463 e. The van der Waals surface area contributed by atoms with E-state index in [-0.39, 0.29) is 5.97 Å². The lowest BCUT2D eigenvalue weighted by atomic mass is 9.88. The van der Waals surface area contributed by atoms with Crippen LogP contribution in [-0.2, 0) is 19.0 Å². The molecule has 1 saturated heterocycles. The van der Waals surface area contributed by atoms with Gasteiger partial charge in [0.05, 0.1) is 13.2 Å². The Morgan fingerprint density at radius 1 is 1.04 bits per heavy atom. The zero-order chi connectivity index (χ0) is 17.1. The Morgan fingerprint density at radius 3 is 2.42 bits per heavy atom. The Balaban J connectivity index is 1.49. The molecule has 1 aliphatic carbocycles. The predicted octanol–water partition coefficient (Wildman–Crippen LogP) is 4.65. The van der Waals surface area contributed by atoms with E-state index in [0.717, 1.165) is 31.8 Å². The van der Waals surface area contributed by atoms with Gasteiger partial charge < -0.3 is 14.2 Å². The molecule has 4 nitrogen and oxygen atoms in total. The molecule has 24 heavy (non-hydrogen) atoms. The van der Waals surface area contributed by atoms with Crippen LogP contribution in [-0.4, -0.2) is 38.0 Å². The van der Waals surface area contributed by atoms with Gasteiger partial charge in [0.2, 0.25) is 0 Å². The Morgan fingerprint density at radius 2 is 1.75 bits per heavy atom. The predicted molar refractivity (Wildman–Crippen MR) is 95.0 cm³/mol. The third-order valence-electron chi connectivity index (χ3n) is 5.37. The van der Waals surface area contributed by atoms with Crippen LogP contribution in [0.4, 0.5) is 0 Å². The molecule has 1 unspecified atom stereocenters. The van der Waals surface area contributed by atoms with Crippen molar-refractivity contribution in [3.05, 3.63) is 0 Å². The van der Waals surface area contributed by atoms with Crippen molar-refractivity contribution < 1.29 is 19.0 Å². The van der Waals surface area contributed by atoms with Crippen molar-refractivity contribution in [3.63, 3.8) is 0 Å². The van der Waals surface area contributed by atoms with Crippen LogP contribution in [0.25, 0.3) is 0 Å². The van der Waals surface area contributed by atoms with Gasteiger partial charge in [-0.05, 0) is 25.2 Å². The first-order chi connectivity index (χ1) is 11.8. The second-order valence-electron chi connectivity index (χ2n) is 7.49. The summed E-state index contributed by atoms with van der Waals surface area (Å²) in [5.74, 6) is 0.703. The van der Waals surface area contributed by atoms with Crippen molar-refractivity contribution in [2.45, 2.75) is 89.6 Å². The van der Waals surface area contributed by atoms with E-state index >= 15 is 0 Å². The maximum absolute atomic E-state index is 12.0. The summed E-state index contributed by atoms with van der Waals surface area (Å²) in [6, 6.07) is 0. The Hall–Kier alpha value is -0.610. The fraction of sp³-hybridized carbons (Fsp3) is 0.950. The zero-order valence-corrected chi connectivity index (χ0v) is 15.5. The van der Waals surface area contributed by atoms with Crippen molar-refractivity contribution >= 4 is 5.97 Å². The van der Waals surface area contributed by atoms with Gasteiger partial charge in [0, 0.05) is 19.6 Å². The molecular weight excluding hydrogens is 304 g/mol. The molecule has 1 heterocycles. The van der Waals surface area contributed by atoms with Crippen molar-refractivity contribution in [2.24, 2.45) is 5.92 Å². The van der Waals surface area contributed by atoms with Crippen LogP contribution in [0.1, 0.15) is 84.0 Å². The van der Waals surface area contributed by atoms with Gasteiger partial charge in [0.15, 0.2) is 5.60 Å². The van der Waals surface area contributed by atoms with E-state index in [4.69, 9.17) is 14.2 Å². The number of epoxide rings is 1. The van der Waals surface area contributed by atoms with Gasteiger partial charge in [-0.25, -0.2) is 4.79 Å². The average Bonchev–Trinajstić information content (AvgIpc) is 3.33. The molecule has 0 spiro atoms. The number of hydrogen-bond donors (Lipinski definition) is 0. The number of ether oxygens (including phenoxy) is 3. The van der Waals surface area contributed by atoms with E-state index in [1.165, 1.54) is 51.4 Å². The molecular formula is C20H36O4. The summed E-state index contributed by atoms with van der Waals surface area (Å²) < 4.78 is 16.4. The lowest BCUT2D eigenvalue weighted by molar-refractivity contribution is -0.151. The van der Waals surface area contributed by atoms with E-state index in [9.17, 15) is 4.79 Å². The first kappa shape index (κ1) is 19.7. The smallest absolute Gasteiger partial charge is 0.340 e. The highest BCUT2D eigenvalue weighted by Crippen LogP contribution is 2.32. The fourth-order valence-electron chi connectivity index (χ4n) is 3.53. The molecule has 1 saturated carbocycles. The molecule has 0 radical (unpaired) electrons. The van der Waals surface area contributed by atoms with E-state index < -0.39 is 5.60 Å². The first-order valence-electron chi connectivity index (χ1n) is 10.2. The van der Waals surface area contributed by atoms with Crippen LogP contribution in [0.2, 0.25) is 0 Å². The fourth-order valence-corrected chi connectivity index (χ4v) is 3.53. The summed E-state index contributed by atoms with van der Waals surface area (Å²) in [6.45, 7) is 4.47. The van der Waals surface area contributed by atoms with E-state index in [1.807, 2.05) is 0 Å². The minimum absolute atomic E-state index is 0.200. The van der Waals surface area contributed by atoms with E-state index in [0.29, 0.717) is 26.2 Å². The highest BCUT2D eigenvalue weighted by molar-refractivity contribution is 5.82. The normalized spacial score (nSPS) is 25.0. The van der Waals surface area contributed by atoms with Gasteiger partial charge in [-0.2, -0.15) is 0 Å². The van der Waals surface area contributed by atoms with Gasteiger partial charge in [-0.15, -0.1) is 0 Å². The van der Waals surface area contributed by atoms with Crippen LogP contribution >= 0.6 is 0 Å². The molecule has 2 aliphatic rings. The van der Waals surface area contributed by atoms with Crippen molar-refractivity contribution in [1.29, 1.82) is 0 Å². The standard InChI is InChI=1S/C20H36O4/c1-2-3-15-23-19(21)20(17-24-20)13-16-22-14-9-12-18-10-7-5-4-6-8-11-18/h18H,2-17H2,1H3. The molecule has 0 amide bonds. The second kappa shape index (κ2) is 11.1. The minimum Gasteiger partial charge on any atom is -0.463 e. The molecule has 1 aliphatic heterocycles. The second-order valence-corrected chi connectivity index (χ2v) is 7.49. The number of rotatable bonds is 11. The number of carbonyl (C=O) groups excluding carboxylic acids is 1. The number of hydrogen-bond acceptors (Lipinski definition) is 4. The molecule has 140 valence electrons. The molecule has 0 aromatic rings. The Bertz CT molecular complexity index is 344. The SMILES string of the molecule is CCCCOC(=O)C1(CCOCCCC2CCCCCCC2)CO1. The molecule has 0 bridgehead atoms. The first-order valence-corrected chi connectivity index (χ1v) is 10.2. The summed E-state index contributed by atoms with van der Waals surface area (Å²) in [6.07, 6.45) is 14.9. The highest BCUT2D eigenvalue weighted by Gasteiger charge is 2.53. The Labute approximate surface area is 147 Å². The molecule has 2 rings (SSSR count). The van der Waals surface area contributed by atoms with Crippen molar-refractivity contribution in [1.82, 2.24) is 0 Å². The number of carbonyl (C=O) groups is 1. The van der Waals surface area contributed by atoms with Gasteiger partial charge in [0.1, 0.15) is 0 Å². The molecule has 2 fully saturated rings.